The van der Waals surface area contributed by atoms with E-state index in [1.165, 1.54) is 0 Å². The predicted octanol–water partition coefficient (Wildman–Crippen LogP) is 6.23. The van der Waals surface area contributed by atoms with Gasteiger partial charge in [0.15, 0.2) is 5.60 Å². The molecule has 0 aliphatic rings. The van der Waals surface area contributed by atoms with Crippen molar-refractivity contribution in [2.24, 2.45) is 5.41 Å². The first kappa shape index (κ1) is 39.7. The topological polar surface area (TPSA) is 121 Å². The quantitative estimate of drug-likeness (QED) is 0.126. The van der Waals surface area contributed by atoms with Crippen molar-refractivity contribution >= 4 is 35.4 Å². The Labute approximate surface area is 269 Å². The number of amides is 2. The number of benzene rings is 1. The number of rotatable bonds is 20. The predicted molar refractivity (Wildman–Crippen MR) is 176 cm³/mol. The molecule has 1 aromatic rings. The van der Waals surface area contributed by atoms with Gasteiger partial charge in [-0.25, -0.2) is 9.59 Å². The summed E-state index contributed by atoms with van der Waals surface area (Å²) in [6.45, 7) is 19.6. The summed E-state index contributed by atoms with van der Waals surface area (Å²) in [6, 6.07) is 8.99. The van der Waals surface area contributed by atoms with Crippen LogP contribution < -0.4 is 10.6 Å². The Balaban J connectivity index is 2.50. The van der Waals surface area contributed by atoms with Gasteiger partial charge < -0.3 is 34.3 Å². The van der Waals surface area contributed by atoms with Gasteiger partial charge in [-0.15, -0.1) is 0 Å². The maximum atomic E-state index is 13.1. The lowest BCUT2D eigenvalue weighted by atomic mass is 9.93. The fourth-order valence-electron chi connectivity index (χ4n) is 3.83. The molecule has 1 atom stereocenters. The molecule has 0 bridgehead atoms. The summed E-state index contributed by atoms with van der Waals surface area (Å²) < 4.78 is 28.9. The minimum absolute atomic E-state index is 0.0408. The Hall–Kier alpha value is -2.34. The molecule has 0 spiro atoms. The zero-order valence-electron chi connectivity index (χ0n) is 28.5. The van der Waals surface area contributed by atoms with E-state index in [9.17, 15) is 14.4 Å². The number of hydrogen-bond donors (Lipinski definition) is 2. The fourth-order valence-corrected chi connectivity index (χ4v) is 4.60. The van der Waals surface area contributed by atoms with Crippen molar-refractivity contribution in [1.29, 1.82) is 0 Å². The minimum atomic E-state index is -1.25. The van der Waals surface area contributed by atoms with E-state index in [0.29, 0.717) is 26.0 Å². The van der Waals surface area contributed by atoms with Crippen LogP contribution in [0.3, 0.4) is 0 Å². The summed E-state index contributed by atoms with van der Waals surface area (Å²) >= 11 is 1.65. The van der Waals surface area contributed by atoms with Crippen LogP contribution in [0.15, 0.2) is 30.3 Å². The summed E-state index contributed by atoms with van der Waals surface area (Å²) in [5, 5.41) is 5.59. The van der Waals surface area contributed by atoms with Crippen molar-refractivity contribution in [2.75, 3.05) is 49.8 Å². The number of anilines is 1. The molecule has 1 unspecified atom stereocenters. The second-order valence-corrected chi connectivity index (χ2v) is 14.7. The Kier molecular flexibility index (Phi) is 16.8. The Morgan fingerprint density at radius 3 is 2.11 bits per heavy atom. The van der Waals surface area contributed by atoms with E-state index in [2.05, 4.69) is 10.6 Å². The zero-order valence-corrected chi connectivity index (χ0v) is 29.3. The molecule has 0 radical (unpaired) electrons. The Bertz CT molecular complexity index is 1010. The van der Waals surface area contributed by atoms with Crippen LogP contribution in [0.25, 0.3) is 0 Å². The molecule has 0 saturated carbocycles. The van der Waals surface area contributed by atoms with Crippen LogP contribution in [0.5, 0.6) is 0 Å². The third-order valence-corrected chi connectivity index (χ3v) is 7.31. The number of esters is 2. The van der Waals surface area contributed by atoms with Gasteiger partial charge >= 0.3 is 18.0 Å². The molecule has 0 fully saturated rings. The summed E-state index contributed by atoms with van der Waals surface area (Å²) in [5.41, 5.74) is -2.60. The highest BCUT2D eigenvalue weighted by Gasteiger charge is 2.41. The molecule has 0 aliphatic carbocycles. The lowest BCUT2D eigenvalue weighted by Crippen LogP contribution is -2.47. The SMILES string of the molecule is CC(C)OCC(C)(COC(=O)C(C)(C)OC(C)(C)CCOC(C)(C)C)C(=O)OCCCSCCNC(=O)Nc1ccccc1. The third-order valence-electron chi connectivity index (χ3n) is 6.24. The van der Waals surface area contributed by atoms with Gasteiger partial charge in [-0.2, -0.15) is 11.8 Å². The van der Waals surface area contributed by atoms with E-state index in [4.69, 9.17) is 23.7 Å². The maximum Gasteiger partial charge on any atom is 0.337 e. The second kappa shape index (κ2) is 18.6. The first-order valence-corrected chi connectivity index (χ1v) is 16.5. The number of carbonyl (C=O) groups excluding carboxylic acids is 3. The lowest BCUT2D eigenvalue weighted by Gasteiger charge is -2.36. The second-order valence-electron chi connectivity index (χ2n) is 13.4. The van der Waals surface area contributed by atoms with Crippen molar-refractivity contribution in [3.63, 3.8) is 0 Å². The van der Waals surface area contributed by atoms with Crippen LogP contribution in [-0.4, -0.2) is 85.4 Å². The van der Waals surface area contributed by atoms with Gasteiger partial charge in [0.05, 0.1) is 30.5 Å². The summed E-state index contributed by atoms with van der Waals surface area (Å²) in [6.07, 6.45) is 1.11. The number of thioether (sulfide) groups is 1. The van der Waals surface area contributed by atoms with E-state index in [1.807, 2.05) is 78.8 Å². The molecule has 10 nitrogen and oxygen atoms in total. The summed E-state index contributed by atoms with van der Waals surface area (Å²) in [4.78, 5) is 38.2. The molecule has 252 valence electrons. The highest BCUT2D eigenvalue weighted by Crippen LogP contribution is 2.27. The Morgan fingerprint density at radius 1 is 0.841 bits per heavy atom. The molecular formula is C33H56N2O8S. The van der Waals surface area contributed by atoms with Crippen molar-refractivity contribution in [3.05, 3.63) is 30.3 Å². The Morgan fingerprint density at radius 2 is 1.50 bits per heavy atom. The first-order valence-electron chi connectivity index (χ1n) is 15.3. The minimum Gasteiger partial charge on any atom is -0.465 e. The number of hydrogen-bond acceptors (Lipinski definition) is 9. The number of ether oxygens (including phenoxy) is 5. The molecule has 1 aromatic carbocycles. The molecular weight excluding hydrogens is 584 g/mol. The van der Waals surface area contributed by atoms with Crippen LogP contribution in [0.2, 0.25) is 0 Å². The number of para-hydroxylation sites is 1. The highest BCUT2D eigenvalue weighted by atomic mass is 32.2. The summed E-state index contributed by atoms with van der Waals surface area (Å²) in [5.74, 6) is 0.414. The van der Waals surface area contributed by atoms with Crippen molar-refractivity contribution in [1.82, 2.24) is 5.32 Å². The fraction of sp³-hybridized carbons (Fsp3) is 0.727. The molecule has 11 heteroatoms. The highest BCUT2D eigenvalue weighted by molar-refractivity contribution is 7.99. The monoisotopic (exact) mass is 640 g/mol. The van der Waals surface area contributed by atoms with Gasteiger partial charge in [-0.1, -0.05) is 18.2 Å². The van der Waals surface area contributed by atoms with Crippen LogP contribution in [-0.2, 0) is 33.3 Å². The van der Waals surface area contributed by atoms with E-state index < -0.39 is 28.6 Å². The number of urea groups is 1. The van der Waals surface area contributed by atoms with E-state index >= 15 is 0 Å². The standard InChI is InChI=1S/C33H56N2O8S/c1-25(2)40-23-33(10,24-41-27(36)32(8,9)43-31(6,7)17-20-42-30(3,4)5)28(37)39-19-14-21-44-22-18-34-29(38)35-26-15-12-11-13-16-26/h11-13,15-16,25H,14,17-24H2,1-10H3,(H2,34,35,38). The molecule has 44 heavy (non-hydrogen) atoms. The number of nitrogens with one attached hydrogen (secondary N) is 2. The molecule has 1 rings (SSSR count). The van der Waals surface area contributed by atoms with Gasteiger partial charge in [0.25, 0.3) is 0 Å². The van der Waals surface area contributed by atoms with E-state index in [1.54, 1.807) is 32.5 Å². The van der Waals surface area contributed by atoms with Gasteiger partial charge in [0, 0.05) is 24.6 Å². The average molecular weight is 641 g/mol. The van der Waals surface area contributed by atoms with Crippen molar-refractivity contribution < 1.29 is 38.1 Å². The zero-order chi connectivity index (χ0) is 33.4. The van der Waals surface area contributed by atoms with Gasteiger partial charge in [-0.05, 0) is 100.0 Å². The molecule has 0 heterocycles. The first-order chi connectivity index (χ1) is 20.4. The van der Waals surface area contributed by atoms with Crippen molar-refractivity contribution in [2.45, 2.75) is 105 Å². The molecule has 2 N–H and O–H groups in total. The molecule has 0 aliphatic heterocycles. The third kappa shape index (κ3) is 17.2. The van der Waals surface area contributed by atoms with Crippen LogP contribution in [0.1, 0.15) is 82.1 Å². The smallest absolute Gasteiger partial charge is 0.337 e. The van der Waals surface area contributed by atoms with E-state index in [-0.39, 0.29) is 37.6 Å². The van der Waals surface area contributed by atoms with Crippen LogP contribution in [0.4, 0.5) is 10.5 Å². The number of carbonyl (C=O) groups is 3. The van der Waals surface area contributed by atoms with Gasteiger partial charge in [0.2, 0.25) is 0 Å². The lowest BCUT2D eigenvalue weighted by molar-refractivity contribution is -0.195. The molecule has 0 aromatic heterocycles. The van der Waals surface area contributed by atoms with E-state index in [0.717, 1.165) is 17.2 Å². The molecule has 2 amide bonds. The van der Waals surface area contributed by atoms with Crippen molar-refractivity contribution in [3.8, 4) is 0 Å². The molecule has 0 saturated heterocycles. The maximum absolute atomic E-state index is 13.1. The van der Waals surface area contributed by atoms with Crippen LogP contribution >= 0.6 is 11.8 Å². The van der Waals surface area contributed by atoms with Crippen LogP contribution in [0, 0.1) is 5.41 Å². The van der Waals surface area contributed by atoms with Gasteiger partial charge in [-0.3, -0.25) is 4.79 Å². The van der Waals surface area contributed by atoms with Gasteiger partial charge in [0.1, 0.15) is 12.0 Å². The summed E-state index contributed by atoms with van der Waals surface area (Å²) in [7, 11) is 0. The largest absolute Gasteiger partial charge is 0.465 e. The average Bonchev–Trinajstić information content (AvgIpc) is 2.90. The normalized spacial score (nSPS) is 13.7.